The minimum Gasteiger partial charge on any atom is -0.399 e. The molecule has 4 N–H and O–H groups in total. The number of rotatable bonds is 5. The van der Waals surface area contributed by atoms with Crippen molar-refractivity contribution >= 4 is 34.6 Å². The summed E-state index contributed by atoms with van der Waals surface area (Å²) in [5, 5.41) is 6.73. The lowest BCUT2D eigenvalue weighted by atomic mass is 10.1. The first-order chi connectivity index (χ1) is 10.1. The second-order valence-electron chi connectivity index (χ2n) is 4.69. The zero-order valence-corrected chi connectivity index (χ0v) is 12.6. The molecule has 0 aliphatic carbocycles. The number of benzene rings is 2. The van der Waals surface area contributed by atoms with E-state index in [1.165, 1.54) is 0 Å². The van der Waals surface area contributed by atoms with Crippen LogP contribution in [0.25, 0.3) is 0 Å². The van der Waals surface area contributed by atoms with Crippen LogP contribution >= 0.6 is 11.6 Å². The van der Waals surface area contributed by atoms with Crippen molar-refractivity contribution in [1.29, 1.82) is 0 Å². The van der Waals surface area contributed by atoms with Crippen LogP contribution in [0, 0.1) is 0 Å². The Morgan fingerprint density at radius 2 is 1.90 bits per heavy atom. The van der Waals surface area contributed by atoms with Crippen LogP contribution in [0.1, 0.15) is 23.7 Å². The third-order valence-corrected chi connectivity index (χ3v) is 3.20. The van der Waals surface area contributed by atoms with Crippen molar-refractivity contribution in [3.8, 4) is 0 Å². The van der Waals surface area contributed by atoms with Gasteiger partial charge in [-0.1, -0.05) is 18.5 Å². The largest absolute Gasteiger partial charge is 0.399 e. The van der Waals surface area contributed by atoms with Gasteiger partial charge in [-0.3, -0.25) is 4.79 Å². The number of nitrogens with two attached hydrogens (primary N) is 1. The molecule has 0 bridgehead atoms. The molecule has 0 saturated carbocycles. The van der Waals surface area contributed by atoms with E-state index < -0.39 is 0 Å². The molecule has 0 fully saturated rings. The molecule has 21 heavy (non-hydrogen) atoms. The summed E-state index contributed by atoms with van der Waals surface area (Å²) in [6.45, 7) is 2.64. The Kier molecular flexibility index (Phi) is 5.06. The van der Waals surface area contributed by atoms with Crippen LogP contribution in [0.2, 0.25) is 5.02 Å². The average Bonchev–Trinajstić information content (AvgIpc) is 2.49. The second kappa shape index (κ2) is 6.99. The van der Waals surface area contributed by atoms with Crippen molar-refractivity contribution < 1.29 is 4.79 Å². The van der Waals surface area contributed by atoms with Gasteiger partial charge in [-0.25, -0.2) is 0 Å². The minimum absolute atomic E-state index is 0.138. The zero-order valence-electron chi connectivity index (χ0n) is 11.8. The van der Waals surface area contributed by atoms with Crippen molar-refractivity contribution in [1.82, 2.24) is 5.32 Å². The van der Waals surface area contributed by atoms with Crippen molar-refractivity contribution in [3.63, 3.8) is 0 Å². The Bertz CT molecular complexity index is 626. The first-order valence-electron chi connectivity index (χ1n) is 6.80. The standard InChI is InChI=1S/C16H18ClN3O/c1-2-9-19-16(21)14-10-12(18)5-8-15(14)20-13-6-3-11(17)4-7-13/h3-8,10,20H,2,9,18H2,1H3,(H,19,21). The highest BCUT2D eigenvalue weighted by Crippen LogP contribution is 2.24. The normalized spacial score (nSPS) is 10.2. The Morgan fingerprint density at radius 3 is 2.57 bits per heavy atom. The Labute approximate surface area is 129 Å². The summed E-state index contributed by atoms with van der Waals surface area (Å²) in [7, 11) is 0. The van der Waals surface area contributed by atoms with Gasteiger partial charge in [0.25, 0.3) is 5.91 Å². The monoisotopic (exact) mass is 303 g/mol. The summed E-state index contributed by atoms with van der Waals surface area (Å²) >= 11 is 5.87. The van der Waals surface area contributed by atoms with E-state index in [4.69, 9.17) is 17.3 Å². The molecule has 0 aromatic heterocycles. The van der Waals surface area contributed by atoms with Gasteiger partial charge in [0.2, 0.25) is 0 Å². The lowest BCUT2D eigenvalue weighted by molar-refractivity contribution is 0.0954. The average molecular weight is 304 g/mol. The number of nitrogen functional groups attached to an aromatic ring is 1. The van der Waals surface area contributed by atoms with Gasteiger partial charge < -0.3 is 16.4 Å². The van der Waals surface area contributed by atoms with Crippen LogP contribution in [-0.4, -0.2) is 12.5 Å². The number of carbonyl (C=O) groups is 1. The lowest BCUT2D eigenvalue weighted by Gasteiger charge is -2.13. The molecule has 110 valence electrons. The highest BCUT2D eigenvalue weighted by molar-refractivity contribution is 6.30. The summed E-state index contributed by atoms with van der Waals surface area (Å²) in [6.07, 6.45) is 0.883. The van der Waals surface area contributed by atoms with Crippen LogP contribution in [0.15, 0.2) is 42.5 Å². The molecule has 0 unspecified atom stereocenters. The molecular formula is C16H18ClN3O. The predicted molar refractivity (Wildman–Crippen MR) is 88.2 cm³/mol. The van der Waals surface area contributed by atoms with E-state index in [2.05, 4.69) is 10.6 Å². The number of amides is 1. The van der Waals surface area contributed by atoms with Crippen LogP contribution < -0.4 is 16.4 Å². The summed E-state index contributed by atoms with van der Waals surface area (Å²) in [6, 6.07) is 12.5. The second-order valence-corrected chi connectivity index (χ2v) is 5.13. The third-order valence-electron chi connectivity index (χ3n) is 2.95. The van der Waals surface area contributed by atoms with Crippen molar-refractivity contribution in [2.24, 2.45) is 0 Å². The molecule has 0 aliphatic rings. The quantitative estimate of drug-likeness (QED) is 0.736. The Morgan fingerprint density at radius 1 is 1.19 bits per heavy atom. The summed E-state index contributed by atoms with van der Waals surface area (Å²) < 4.78 is 0. The van der Waals surface area contributed by atoms with E-state index in [0.717, 1.165) is 12.1 Å². The molecule has 2 rings (SSSR count). The molecule has 0 spiro atoms. The van der Waals surface area contributed by atoms with Gasteiger partial charge in [0.05, 0.1) is 11.3 Å². The Hall–Kier alpha value is -2.20. The molecule has 1 amide bonds. The molecule has 0 radical (unpaired) electrons. The number of hydrogen-bond donors (Lipinski definition) is 3. The predicted octanol–water partition coefficient (Wildman–Crippen LogP) is 3.81. The first-order valence-corrected chi connectivity index (χ1v) is 7.18. The van der Waals surface area contributed by atoms with Crippen LogP contribution in [0.5, 0.6) is 0 Å². The van der Waals surface area contributed by atoms with E-state index in [0.29, 0.717) is 28.5 Å². The third kappa shape index (κ3) is 4.13. The summed E-state index contributed by atoms with van der Waals surface area (Å²) in [4.78, 5) is 12.2. The van der Waals surface area contributed by atoms with Gasteiger partial charge in [-0.15, -0.1) is 0 Å². The maximum Gasteiger partial charge on any atom is 0.253 e. The maximum atomic E-state index is 12.2. The van der Waals surface area contributed by atoms with E-state index in [9.17, 15) is 4.79 Å². The summed E-state index contributed by atoms with van der Waals surface area (Å²) in [5.41, 5.74) is 8.43. The molecule has 4 nitrogen and oxygen atoms in total. The smallest absolute Gasteiger partial charge is 0.253 e. The highest BCUT2D eigenvalue weighted by atomic mass is 35.5. The van der Waals surface area contributed by atoms with E-state index in [1.54, 1.807) is 30.3 Å². The molecule has 5 heteroatoms. The SMILES string of the molecule is CCCNC(=O)c1cc(N)ccc1Nc1ccc(Cl)cc1. The fraction of sp³-hybridized carbons (Fsp3) is 0.188. The van der Waals surface area contributed by atoms with Crippen molar-refractivity contribution in [2.45, 2.75) is 13.3 Å². The molecule has 0 atom stereocenters. The van der Waals surface area contributed by atoms with E-state index in [-0.39, 0.29) is 5.91 Å². The van der Waals surface area contributed by atoms with Crippen molar-refractivity contribution in [3.05, 3.63) is 53.1 Å². The number of carbonyl (C=O) groups excluding carboxylic acids is 1. The zero-order chi connectivity index (χ0) is 15.2. The van der Waals surface area contributed by atoms with Gasteiger partial charge in [0, 0.05) is 22.9 Å². The maximum absolute atomic E-state index is 12.2. The summed E-state index contributed by atoms with van der Waals surface area (Å²) in [5.74, 6) is -0.138. The minimum atomic E-state index is -0.138. The van der Waals surface area contributed by atoms with Crippen LogP contribution in [0.4, 0.5) is 17.1 Å². The highest BCUT2D eigenvalue weighted by Gasteiger charge is 2.11. The topological polar surface area (TPSA) is 67.2 Å². The van der Waals surface area contributed by atoms with Crippen LogP contribution in [0.3, 0.4) is 0 Å². The molecule has 0 aliphatic heterocycles. The number of halogens is 1. The molecule has 0 saturated heterocycles. The Balaban J connectivity index is 2.26. The van der Waals surface area contributed by atoms with Gasteiger partial charge >= 0.3 is 0 Å². The fourth-order valence-electron chi connectivity index (χ4n) is 1.88. The van der Waals surface area contributed by atoms with Gasteiger partial charge in [0.15, 0.2) is 0 Å². The van der Waals surface area contributed by atoms with Gasteiger partial charge in [0.1, 0.15) is 0 Å². The van der Waals surface area contributed by atoms with Gasteiger partial charge in [-0.05, 0) is 48.9 Å². The fourth-order valence-corrected chi connectivity index (χ4v) is 2.01. The van der Waals surface area contributed by atoms with Crippen LogP contribution in [-0.2, 0) is 0 Å². The number of anilines is 3. The molecule has 2 aromatic rings. The lowest BCUT2D eigenvalue weighted by Crippen LogP contribution is -2.24. The number of nitrogens with one attached hydrogen (secondary N) is 2. The molecule has 2 aromatic carbocycles. The van der Waals surface area contributed by atoms with Crippen molar-refractivity contribution in [2.75, 3.05) is 17.6 Å². The molecular weight excluding hydrogens is 286 g/mol. The van der Waals surface area contributed by atoms with E-state index >= 15 is 0 Å². The first kappa shape index (κ1) is 15.2. The van der Waals surface area contributed by atoms with Gasteiger partial charge in [-0.2, -0.15) is 0 Å². The number of hydrogen-bond acceptors (Lipinski definition) is 3. The molecule has 0 heterocycles. The van der Waals surface area contributed by atoms with E-state index in [1.807, 2.05) is 19.1 Å².